The van der Waals surface area contributed by atoms with Crippen LogP contribution >= 0.6 is 15.6 Å². The lowest BCUT2D eigenvalue weighted by Gasteiger charge is -2.21. The van der Waals surface area contributed by atoms with Crippen molar-refractivity contribution in [1.82, 2.24) is 0 Å². The molecule has 0 heterocycles. The van der Waals surface area contributed by atoms with Gasteiger partial charge >= 0.3 is 39.5 Å². The quantitative estimate of drug-likeness (QED) is 0.0222. The smallest absolute Gasteiger partial charge is 0.462 e. The Labute approximate surface area is 543 Å². The Morgan fingerprint density at radius 1 is 0.315 bits per heavy atom. The number of phosphoric ester groups is 2. The van der Waals surface area contributed by atoms with Gasteiger partial charge in [0.1, 0.15) is 19.3 Å². The molecular formula is C70H136O17P2. The maximum absolute atomic E-state index is 13.0. The van der Waals surface area contributed by atoms with Gasteiger partial charge in [0.15, 0.2) is 12.2 Å². The summed E-state index contributed by atoms with van der Waals surface area (Å²) in [6.45, 7) is 14.0. The van der Waals surface area contributed by atoms with E-state index >= 15 is 0 Å². The average Bonchev–Trinajstić information content (AvgIpc) is 3.61. The molecule has 0 aliphatic rings. The molecule has 0 rings (SSSR count). The number of aliphatic hydroxyl groups excluding tert-OH is 1. The maximum Gasteiger partial charge on any atom is 0.472 e. The molecule has 0 bridgehead atoms. The first kappa shape index (κ1) is 87.1. The van der Waals surface area contributed by atoms with E-state index in [4.69, 9.17) is 37.0 Å². The maximum atomic E-state index is 13.0. The molecule has 528 valence electrons. The van der Waals surface area contributed by atoms with Crippen molar-refractivity contribution in [2.24, 2.45) is 23.7 Å². The first-order valence-corrected chi connectivity index (χ1v) is 39.2. The van der Waals surface area contributed by atoms with Crippen LogP contribution in [0.3, 0.4) is 0 Å². The lowest BCUT2D eigenvalue weighted by atomic mass is 10.00. The molecule has 17 nitrogen and oxygen atoms in total. The Hall–Kier alpha value is -1.94. The van der Waals surface area contributed by atoms with Crippen LogP contribution in [-0.2, 0) is 65.4 Å². The fourth-order valence-electron chi connectivity index (χ4n) is 10.5. The van der Waals surface area contributed by atoms with E-state index in [0.717, 1.165) is 114 Å². The fraction of sp³-hybridized carbons (Fsp3) is 0.943. The van der Waals surface area contributed by atoms with E-state index in [1.165, 1.54) is 141 Å². The molecule has 0 aromatic rings. The summed E-state index contributed by atoms with van der Waals surface area (Å²) in [6.07, 6.45) is 42.0. The normalized spacial score (nSPS) is 14.6. The van der Waals surface area contributed by atoms with Crippen molar-refractivity contribution in [1.29, 1.82) is 0 Å². The molecule has 0 saturated carbocycles. The summed E-state index contributed by atoms with van der Waals surface area (Å²) in [7, 11) is -9.90. The van der Waals surface area contributed by atoms with Crippen LogP contribution in [-0.4, -0.2) is 96.7 Å². The summed E-state index contributed by atoms with van der Waals surface area (Å²) >= 11 is 0. The van der Waals surface area contributed by atoms with Crippen molar-refractivity contribution in [3.05, 3.63) is 0 Å². The monoisotopic (exact) mass is 1310 g/mol. The number of hydrogen-bond donors (Lipinski definition) is 3. The Morgan fingerprint density at radius 3 is 0.798 bits per heavy atom. The fourth-order valence-corrected chi connectivity index (χ4v) is 12.0. The third kappa shape index (κ3) is 63.2. The number of rotatable bonds is 67. The molecule has 19 heteroatoms. The van der Waals surface area contributed by atoms with Crippen molar-refractivity contribution in [2.45, 2.75) is 363 Å². The van der Waals surface area contributed by atoms with Gasteiger partial charge in [-0.2, -0.15) is 0 Å². The third-order valence-corrected chi connectivity index (χ3v) is 18.3. The molecule has 89 heavy (non-hydrogen) atoms. The van der Waals surface area contributed by atoms with Crippen LogP contribution < -0.4 is 0 Å². The molecule has 6 atom stereocenters. The van der Waals surface area contributed by atoms with Crippen LogP contribution in [0.5, 0.6) is 0 Å². The predicted octanol–water partition coefficient (Wildman–Crippen LogP) is 19.7. The molecule has 3 unspecified atom stereocenters. The van der Waals surface area contributed by atoms with E-state index in [-0.39, 0.29) is 25.7 Å². The van der Waals surface area contributed by atoms with Crippen LogP contribution in [0.4, 0.5) is 0 Å². The average molecular weight is 1310 g/mol. The number of carbonyl (C=O) groups is 4. The standard InChI is InChI=1S/C70H136O17P2/c1-9-63(8)49-41-33-27-29-37-45-53-70(75)87-66(57-81-68(73)51-43-35-28-26-32-40-48-62(6)7)59-85-89(78,79)83-55-64(71)54-82-88(76,77)84-58-65(56-80-67(72)50-42-34-24-21-20-23-31-39-47-61(4)5)86-69(74)52-44-36-25-19-17-15-13-11-10-12-14-16-18-22-30-38-46-60(2)3/h60-66,71H,9-59H2,1-8H3,(H,76,77)(H,78,79)/t63?,64-,65-,66-/m1/s1. The lowest BCUT2D eigenvalue weighted by molar-refractivity contribution is -0.161. The van der Waals surface area contributed by atoms with Crippen molar-refractivity contribution in [2.75, 3.05) is 39.6 Å². The minimum absolute atomic E-state index is 0.101. The molecule has 0 aromatic heterocycles. The van der Waals surface area contributed by atoms with E-state index < -0.39 is 97.5 Å². The summed E-state index contributed by atoms with van der Waals surface area (Å²) in [4.78, 5) is 72.4. The first-order chi connectivity index (χ1) is 42.6. The van der Waals surface area contributed by atoms with Crippen LogP contribution in [0.1, 0.15) is 344 Å². The molecule has 0 aromatic carbocycles. The van der Waals surface area contributed by atoms with Gasteiger partial charge in [-0.15, -0.1) is 0 Å². The summed E-state index contributed by atoms with van der Waals surface area (Å²) in [5.41, 5.74) is 0. The first-order valence-electron chi connectivity index (χ1n) is 36.2. The Morgan fingerprint density at radius 2 is 0.539 bits per heavy atom. The van der Waals surface area contributed by atoms with Gasteiger partial charge in [0.05, 0.1) is 26.4 Å². The Kier molecular flexibility index (Phi) is 58.5. The number of carbonyl (C=O) groups excluding carboxylic acids is 4. The predicted molar refractivity (Wildman–Crippen MR) is 358 cm³/mol. The molecule has 0 aliphatic heterocycles. The van der Waals surface area contributed by atoms with Gasteiger partial charge < -0.3 is 33.8 Å². The van der Waals surface area contributed by atoms with Gasteiger partial charge in [-0.1, -0.05) is 293 Å². The highest BCUT2D eigenvalue weighted by atomic mass is 31.2. The zero-order valence-corrected chi connectivity index (χ0v) is 59.8. The zero-order chi connectivity index (χ0) is 66.1. The highest BCUT2D eigenvalue weighted by Gasteiger charge is 2.30. The molecule has 0 spiro atoms. The van der Waals surface area contributed by atoms with Gasteiger partial charge in [0, 0.05) is 25.7 Å². The molecule has 0 aliphatic carbocycles. The Bertz CT molecular complexity index is 1770. The van der Waals surface area contributed by atoms with Crippen LogP contribution in [0, 0.1) is 23.7 Å². The van der Waals surface area contributed by atoms with Crippen LogP contribution in [0.15, 0.2) is 0 Å². The van der Waals surface area contributed by atoms with E-state index in [1.54, 1.807) is 0 Å². The molecular weight excluding hydrogens is 1170 g/mol. The van der Waals surface area contributed by atoms with Crippen molar-refractivity contribution < 1.29 is 80.2 Å². The minimum atomic E-state index is -4.95. The highest BCUT2D eigenvalue weighted by Crippen LogP contribution is 2.45. The van der Waals surface area contributed by atoms with E-state index in [2.05, 4.69) is 55.4 Å². The SMILES string of the molecule is CCC(C)CCCCCCCCC(=O)O[C@H](COC(=O)CCCCCCCCC(C)C)COP(=O)(O)OC[C@H](O)COP(=O)(O)OC[C@@H](COC(=O)CCCCCCCCCCC(C)C)OC(=O)CCCCCCCCCCCCCCCCCCC(C)C. The van der Waals surface area contributed by atoms with Crippen molar-refractivity contribution in [3.63, 3.8) is 0 Å². The van der Waals surface area contributed by atoms with Gasteiger partial charge in [-0.05, 0) is 49.4 Å². The number of aliphatic hydroxyl groups is 1. The zero-order valence-electron chi connectivity index (χ0n) is 58.1. The van der Waals surface area contributed by atoms with Crippen molar-refractivity contribution in [3.8, 4) is 0 Å². The number of hydrogen-bond acceptors (Lipinski definition) is 15. The minimum Gasteiger partial charge on any atom is -0.462 e. The number of ether oxygens (including phenoxy) is 4. The van der Waals surface area contributed by atoms with Crippen LogP contribution in [0.25, 0.3) is 0 Å². The summed E-state index contributed by atoms with van der Waals surface area (Å²) in [5, 5.41) is 10.6. The summed E-state index contributed by atoms with van der Waals surface area (Å²) in [6, 6.07) is 0. The molecule has 0 fully saturated rings. The molecule has 3 N–H and O–H groups in total. The Balaban J connectivity index is 5.20. The van der Waals surface area contributed by atoms with Gasteiger partial charge in [0.25, 0.3) is 0 Å². The van der Waals surface area contributed by atoms with Gasteiger partial charge in [-0.3, -0.25) is 37.3 Å². The molecule has 0 saturated heterocycles. The van der Waals surface area contributed by atoms with Crippen molar-refractivity contribution >= 4 is 39.5 Å². The van der Waals surface area contributed by atoms with Gasteiger partial charge in [-0.25, -0.2) is 9.13 Å². The number of esters is 4. The molecule has 0 radical (unpaired) electrons. The number of unbranched alkanes of at least 4 members (excludes halogenated alkanes) is 32. The molecule has 0 amide bonds. The van der Waals surface area contributed by atoms with Crippen LogP contribution in [0.2, 0.25) is 0 Å². The second-order valence-corrected chi connectivity index (χ2v) is 29.8. The third-order valence-electron chi connectivity index (χ3n) is 16.4. The number of phosphoric acid groups is 2. The second kappa shape index (κ2) is 59.8. The topological polar surface area (TPSA) is 237 Å². The highest BCUT2D eigenvalue weighted by molar-refractivity contribution is 7.47. The van der Waals surface area contributed by atoms with Gasteiger partial charge in [0.2, 0.25) is 0 Å². The second-order valence-electron chi connectivity index (χ2n) is 26.9. The van der Waals surface area contributed by atoms with E-state index in [0.29, 0.717) is 31.6 Å². The largest absolute Gasteiger partial charge is 0.472 e. The van der Waals surface area contributed by atoms with E-state index in [1.807, 2.05) is 0 Å². The lowest BCUT2D eigenvalue weighted by Crippen LogP contribution is -2.30. The summed E-state index contributed by atoms with van der Waals surface area (Å²) in [5.74, 6) is 0.800. The summed E-state index contributed by atoms with van der Waals surface area (Å²) < 4.78 is 68.2. The van der Waals surface area contributed by atoms with E-state index in [9.17, 15) is 43.2 Å².